The molecule has 6 nitrogen and oxygen atoms in total. The molecule has 17 heavy (non-hydrogen) atoms. The smallest absolute Gasteiger partial charge is 0.295 e. The summed E-state index contributed by atoms with van der Waals surface area (Å²) in [6, 6.07) is 1.43. The van der Waals surface area contributed by atoms with Crippen molar-refractivity contribution in [1.82, 2.24) is 4.98 Å². The third-order valence-corrected chi connectivity index (χ3v) is 2.68. The molecular weight excluding hydrogens is 271 g/mol. The van der Waals surface area contributed by atoms with Gasteiger partial charge in [0.15, 0.2) is 6.29 Å². The first-order valence-corrected chi connectivity index (χ1v) is 5.62. The first-order valence-electron chi connectivity index (χ1n) is 4.75. The van der Waals surface area contributed by atoms with Crippen LogP contribution in [0.3, 0.4) is 0 Å². The summed E-state index contributed by atoms with van der Waals surface area (Å²) in [6.45, 7) is 0.787. The average Bonchev–Trinajstić information content (AvgIpc) is 2.81. The number of alkyl halides is 2. The van der Waals surface area contributed by atoms with Crippen molar-refractivity contribution in [1.29, 1.82) is 0 Å². The Morgan fingerprint density at radius 1 is 1.47 bits per heavy atom. The summed E-state index contributed by atoms with van der Waals surface area (Å²) in [6.07, 6.45) is 0.345. The number of rotatable bonds is 3. The maximum atomic E-state index is 10.8. The molecule has 8 heteroatoms. The minimum Gasteiger partial charge on any atom is -0.346 e. The van der Waals surface area contributed by atoms with E-state index in [-0.39, 0.29) is 11.3 Å². The maximum Gasteiger partial charge on any atom is 0.295 e. The molecule has 92 valence electrons. The normalized spacial score (nSPS) is 16.6. The fourth-order valence-electron chi connectivity index (χ4n) is 1.48. The number of nitrogens with zero attached hydrogens (tertiary/aromatic N) is 2. The van der Waals surface area contributed by atoms with Gasteiger partial charge < -0.3 is 9.47 Å². The van der Waals surface area contributed by atoms with Gasteiger partial charge >= 0.3 is 0 Å². The van der Waals surface area contributed by atoms with Crippen molar-refractivity contribution in [3.8, 4) is 0 Å². The summed E-state index contributed by atoms with van der Waals surface area (Å²) < 4.78 is 10.4. The van der Waals surface area contributed by atoms with E-state index >= 15 is 0 Å². The van der Waals surface area contributed by atoms with Crippen molar-refractivity contribution in [3.05, 3.63) is 33.6 Å². The second-order valence-corrected chi connectivity index (χ2v) is 4.40. The highest BCUT2D eigenvalue weighted by Gasteiger charge is 2.28. The first-order chi connectivity index (χ1) is 8.09. The van der Waals surface area contributed by atoms with E-state index in [1.807, 2.05) is 0 Å². The summed E-state index contributed by atoms with van der Waals surface area (Å²) in [5.74, 6) is 0. The molecule has 0 aliphatic carbocycles. The predicted octanol–water partition coefficient (Wildman–Crippen LogP) is 2.51. The number of pyridine rings is 1. The van der Waals surface area contributed by atoms with Gasteiger partial charge in [-0.2, -0.15) is 0 Å². The van der Waals surface area contributed by atoms with Crippen LogP contribution in [0.25, 0.3) is 0 Å². The third kappa shape index (κ3) is 2.66. The van der Waals surface area contributed by atoms with Gasteiger partial charge in [0.25, 0.3) is 5.69 Å². The Balaban J connectivity index is 2.43. The fraction of sp³-hybridized carbons (Fsp3) is 0.444. The van der Waals surface area contributed by atoms with Crippen LogP contribution >= 0.6 is 23.2 Å². The van der Waals surface area contributed by atoms with E-state index in [0.29, 0.717) is 18.9 Å². The van der Waals surface area contributed by atoms with Crippen LogP contribution in [-0.2, 0) is 9.47 Å². The van der Waals surface area contributed by atoms with Gasteiger partial charge in [0, 0.05) is 0 Å². The van der Waals surface area contributed by atoms with E-state index in [2.05, 4.69) is 4.98 Å². The van der Waals surface area contributed by atoms with Gasteiger partial charge in [-0.1, -0.05) is 23.2 Å². The third-order valence-electron chi connectivity index (χ3n) is 2.23. The van der Waals surface area contributed by atoms with Crippen LogP contribution < -0.4 is 0 Å². The van der Waals surface area contributed by atoms with Crippen LogP contribution in [-0.4, -0.2) is 23.1 Å². The molecule has 0 atom stereocenters. The number of aromatic nitrogens is 1. The molecule has 1 aliphatic rings. The number of nitro groups is 1. The molecule has 0 spiro atoms. The quantitative estimate of drug-likeness (QED) is 0.482. The largest absolute Gasteiger partial charge is 0.346 e. The first kappa shape index (κ1) is 12.5. The Morgan fingerprint density at radius 2 is 2.12 bits per heavy atom. The molecule has 1 aromatic heterocycles. The van der Waals surface area contributed by atoms with Crippen LogP contribution in [0, 0.1) is 10.1 Å². The van der Waals surface area contributed by atoms with Gasteiger partial charge in [0.2, 0.25) is 0 Å². The number of ether oxygens (including phenoxy) is 2. The van der Waals surface area contributed by atoms with E-state index in [0.717, 1.165) is 6.20 Å². The molecule has 1 saturated heterocycles. The monoisotopic (exact) mass is 278 g/mol. The molecular formula is C9H8Cl2N2O4. The molecule has 1 aliphatic heterocycles. The van der Waals surface area contributed by atoms with Gasteiger partial charge in [-0.25, -0.2) is 0 Å². The molecule has 0 N–H and O–H groups in total. The lowest BCUT2D eigenvalue weighted by Crippen LogP contribution is -2.05. The summed E-state index contributed by atoms with van der Waals surface area (Å²) in [7, 11) is 0. The van der Waals surface area contributed by atoms with E-state index in [4.69, 9.17) is 32.7 Å². The Hall–Kier alpha value is -0.950. The lowest BCUT2D eigenvalue weighted by Gasteiger charge is -2.11. The summed E-state index contributed by atoms with van der Waals surface area (Å²) in [5.41, 5.74) is 0.437. The molecule has 1 fully saturated rings. The Kier molecular flexibility index (Phi) is 3.78. The van der Waals surface area contributed by atoms with Gasteiger partial charge in [-0.15, -0.1) is 0 Å². The van der Waals surface area contributed by atoms with E-state index < -0.39 is 16.0 Å². The second kappa shape index (κ2) is 5.14. The zero-order chi connectivity index (χ0) is 12.4. The molecule has 0 saturated carbocycles. The van der Waals surface area contributed by atoms with Crippen molar-refractivity contribution >= 4 is 28.9 Å². The van der Waals surface area contributed by atoms with Gasteiger partial charge in [-0.05, 0) is 6.07 Å². The lowest BCUT2D eigenvalue weighted by molar-refractivity contribution is -0.387. The van der Waals surface area contributed by atoms with Crippen molar-refractivity contribution in [2.75, 3.05) is 13.2 Å². The topological polar surface area (TPSA) is 74.5 Å². The van der Waals surface area contributed by atoms with E-state index in [1.54, 1.807) is 0 Å². The molecule has 0 amide bonds. The van der Waals surface area contributed by atoms with Crippen LogP contribution in [0.2, 0.25) is 0 Å². The van der Waals surface area contributed by atoms with Crippen molar-refractivity contribution in [2.24, 2.45) is 0 Å². The molecule has 0 unspecified atom stereocenters. The SMILES string of the molecule is O=[N+]([O-])c1cnc(C(Cl)Cl)cc1C1OCCO1. The number of hydrogen-bond acceptors (Lipinski definition) is 5. The summed E-state index contributed by atoms with van der Waals surface area (Å²) >= 11 is 11.3. The van der Waals surface area contributed by atoms with Crippen LogP contribution in [0.1, 0.15) is 22.4 Å². The Morgan fingerprint density at radius 3 is 2.65 bits per heavy atom. The highest BCUT2D eigenvalue weighted by Crippen LogP contribution is 2.33. The van der Waals surface area contributed by atoms with Crippen molar-refractivity contribution in [2.45, 2.75) is 11.1 Å². The molecule has 0 radical (unpaired) electrons. The zero-order valence-electron chi connectivity index (χ0n) is 8.51. The average molecular weight is 279 g/mol. The van der Waals surface area contributed by atoms with E-state index in [9.17, 15) is 10.1 Å². The standard InChI is InChI=1S/C9H8Cl2N2O4/c10-8(11)6-3-5(9-16-1-2-17-9)7(4-12-6)13(14)15/h3-4,8-9H,1-2H2. The molecule has 1 aromatic rings. The molecule has 2 heterocycles. The number of hydrogen-bond donors (Lipinski definition) is 0. The van der Waals surface area contributed by atoms with Crippen LogP contribution in [0.5, 0.6) is 0 Å². The highest BCUT2D eigenvalue weighted by atomic mass is 35.5. The van der Waals surface area contributed by atoms with Crippen molar-refractivity contribution in [3.63, 3.8) is 0 Å². The van der Waals surface area contributed by atoms with Crippen LogP contribution in [0.4, 0.5) is 5.69 Å². The number of halogens is 2. The van der Waals surface area contributed by atoms with Gasteiger partial charge in [0.1, 0.15) is 11.0 Å². The van der Waals surface area contributed by atoms with Crippen molar-refractivity contribution < 1.29 is 14.4 Å². The maximum absolute atomic E-state index is 10.8. The molecule has 0 bridgehead atoms. The minimum absolute atomic E-state index is 0.172. The zero-order valence-corrected chi connectivity index (χ0v) is 10.0. The summed E-state index contributed by atoms with van der Waals surface area (Å²) in [4.78, 5) is 13.3. The van der Waals surface area contributed by atoms with Gasteiger partial charge in [0.05, 0.1) is 29.4 Å². The molecule has 2 rings (SSSR count). The summed E-state index contributed by atoms with van der Waals surface area (Å²) in [5, 5.41) is 10.8. The van der Waals surface area contributed by atoms with Gasteiger partial charge in [-0.3, -0.25) is 15.1 Å². The Bertz CT molecular complexity index is 435. The highest BCUT2D eigenvalue weighted by molar-refractivity contribution is 6.43. The minimum atomic E-state index is -0.851. The van der Waals surface area contributed by atoms with Crippen LogP contribution in [0.15, 0.2) is 12.3 Å². The predicted molar refractivity (Wildman–Crippen MR) is 60.0 cm³/mol. The second-order valence-electron chi connectivity index (χ2n) is 3.30. The Labute approximate surface area is 107 Å². The fourth-order valence-corrected chi connectivity index (χ4v) is 1.72. The lowest BCUT2D eigenvalue weighted by atomic mass is 10.2. The molecule has 0 aromatic carbocycles. The van der Waals surface area contributed by atoms with E-state index in [1.165, 1.54) is 6.07 Å².